The van der Waals surface area contributed by atoms with Crippen molar-refractivity contribution in [2.75, 3.05) is 5.73 Å². The summed E-state index contributed by atoms with van der Waals surface area (Å²) < 4.78 is 14.7. The van der Waals surface area contributed by atoms with E-state index in [1.807, 2.05) is 13.8 Å². The van der Waals surface area contributed by atoms with Crippen LogP contribution in [0.5, 0.6) is 0 Å². The molecule has 2 rings (SSSR count). The van der Waals surface area contributed by atoms with Gasteiger partial charge in [0, 0.05) is 12.1 Å². The Labute approximate surface area is 108 Å². The second kappa shape index (κ2) is 4.63. The van der Waals surface area contributed by atoms with Gasteiger partial charge in [0.25, 0.3) is 5.69 Å². The Balaban J connectivity index is 2.62. The van der Waals surface area contributed by atoms with Crippen molar-refractivity contribution in [3.05, 3.63) is 39.8 Å². The van der Waals surface area contributed by atoms with Crippen LogP contribution in [0.25, 0.3) is 5.69 Å². The first kappa shape index (κ1) is 12.9. The average Bonchev–Trinajstić information content (AvgIpc) is 2.70. The molecule has 1 heterocycles. The Morgan fingerprint density at radius 3 is 2.68 bits per heavy atom. The monoisotopic (exact) mass is 265 g/mol. The minimum absolute atomic E-state index is 0.00248. The highest BCUT2D eigenvalue weighted by Crippen LogP contribution is 2.25. The molecule has 1 aromatic heterocycles. The summed E-state index contributed by atoms with van der Waals surface area (Å²) in [6, 6.07) is 3.22. The topological polar surface area (TPSA) is 99.9 Å². The van der Waals surface area contributed by atoms with Gasteiger partial charge in [0.05, 0.1) is 22.4 Å². The molecule has 0 fully saturated rings. The van der Waals surface area contributed by atoms with Crippen LogP contribution in [0.4, 0.5) is 15.9 Å². The van der Waals surface area contributed by atoms with E-state index in [2.05, 4.69) is 10.3 Å². The molecule has 100 valence electrons. The van der Waals surface area contributed by atoms with Gasteiger partial charge in [-0.15, -0.1) is 5.10 Å². The fourth-order valence-electron chi connectivity index (χ4n) is 1.82. The minimum atomic E-state index is -0.715. The van der Waals surface area contributed by atoms with Crippen molar-refractivity contribution in [1.29, 1.82) is 0 Å². The van der Waals surface area contributed by atoms with Gasteiger partial charge in [0.1, 0.15) is 5.82 Å². The number of hydrogen-bond donors (Lipinski definition) is 1. The van der Waals surface area contributed by atoms with Gasteiger partial charge < -0.3 is 5.73 Å². The van der Waals surface area contributed by atoms with E-state index in [0.29, 0.717) is 5.69 Å². The Morgan fingerprint density at radius 1 is 1.42 bits per heavy atom. The molecule has 0 amide bonds. The lowest BCUT2D eigenvalue weighted by molar-refractivity contribution is -0.385. The van der Waals surface area contributed by atoms with E-state index in [-0.39, 0.29) is 23.1 Å². The van der Waals surface area contributed by atoms with E-state index in [1.165, 1.54) is 10.7 Å². The summed E-state index contributed by atoms with van der Waals surface area (Å²) >= 11 is 0. The van der Waals surface area contributed by atoms with Crippen molar-refractivity contribution in [3.63, 3.8) is 0 Å². The Bertz CT molecular complexity index is 638. The average molecular weight is 265 g/mol. The number of non-ortho nitro benzene ring substituents is 1. The van der Waals surface area contributed by atoms with Gasteiger partial charge in [-0.05, 0) is 5.92 Å². The predicted molar refractivity (Wildman–Crippen MR) is 66.5 cm³/mol. The summed E-state index contributed by atoms with van der Waals surface area (Å²) in [7, 11) is 0. The zero-order chi connectivity index (χ0) is 14.2. The van der Waals surface area contributed by atoms with Crippen LogP contribution >= 0.6 is 0 Å². The molecule has 0 radical (unpaired) electrons. The number of nitro groups is 1. The first-order valence-electron chi connectivity index (χ1n) is 5.56. The molecule has 0 unspecified atom stereocenters. The number of nitrogens with zero attached hydrogens (tertiary/aromatic N) is 4. The van der Waals surface area contributed by atoms with Gasteiger partial charge >= 0.3 is 0 Å². The molecule has 19 heavy (non-hydrogen) atoms. The molecule has 0 saturated carbocycles. The Hall–Kier alpha value is -2.51. The van der Waals surface area contributed by atoms with Crippen LogP contribution < -0.4 is 5.73 Å². The van der Waals surface area contributed by atoms with Crippen molar-refractivity contribution < 1.29 is 9.31 Å². The normalized spacial score (nSPS) is 10.9. The van der Waals surface area contributed by atoms with Crippen LogP contribution in [0, 0.1) is 15.9 Å². The molecule has 2 N–H and O–H groups in total. The number of nitrogens with two attached hydrogens (primary N) is 1. The van der Waals surface area contributed by atoms with E-state index in [0.717, 1.165) is 12.1 Å². The lowest BCUT2D eigenvalue weighted by Gasteiger charge is -2.09. The molecule has 2 aromatic rings. The maximum atomic E-state index is 13.4. The smallest absolute Gasteiger partial charge is 0.274 e. The van der Waals surface area contributed by atoms with Crippen LogP contribution in [0.1, 0.15) is 25.5 Å². The van der Waals surface area contributed by atoms with Crippen molar-refractivity contribution in [2.45, 2.75) is 19.8 Å². The van der Waals surface area contributed by atoms with E-state index in [1.54, 1.807) is 0 Å². The van der Waals surface area contributed by atoms with Crippen molar-refractivity contribution in [2.24, 2.45) is 0 Å². The third-order valence-electron chi connectivity index (χ3n) is 2.60. The van der Waals surface area contributed by atoms with Crippen molar-refractivity contribution >= 4 is 11.5 Å². The maximum Gasteiger partial charge on any atom is 0.274 e. The summed E-state index contributed by atoms with van der Waals surface area (Å²) in [5.74, 6) is -0.493. The van der Waals surface area contributed by atoms with Gasteiger partial charge in [-0.1, -0.05) is 19.1 Å². The zero-order valence-electron chi connectivity index (χ0n) is 10.4. The van der Waals surface area contributed by atoms with E-state index < -0.39 is 10.7 Å². The molecule has 8 heteroatoms. The number of nitrogen functional groups attached to an aromatic ring is 1. The molecular weight excluding hydrogens is 253 g/mol. The van der Waals surface area contributed by atoms with Crippen LogP contribution in [0.3, 0.4) is 0 Å². The van der Waals surface area contributed by atoms with Gasteiger partial charge in [0.2, 0.25) is 0 Å². The van der Waals surface area contributed by atoms with Crippen LogP contribution in [-0.2, 0) is 0 Å². The number of nitro benzene ring substituents is 1. The fourth-order valence-corrected chi connectivity index (χ4v) is 1.82. The largest absolute Gasteiger partial charge is 0.381 e. The number of halogens is 1. The molecule has 1 aromatic carbocycles. The zero-order valence-corrected chi connectivity index (χ0v) is 10.4. The lowest BCUT2D eigenvalue weighted by atomic mass is 10.1. The second-order valence-electron chi connectivity index (χ2n) is 4.35. The number of aromatic nitrogens is 3. The number of benzene rings is 1. The fraction of sp³-hybridized carbons (Fsp3) is 0.273. The molecule has 0 bridgehead atoms. The lowest BCUT2D eigenvalue weighted by Crippen LogP contribution is -2.06. The number of hydrogen-bond acceptors (Lipinski definition) is 5. The summed E-state index contributed by atoms with van der Waals surface area (Å²) in [6.45, 7) is 3.75. The molecular formula is C11H12FN5O2. The number of anilines is 1. The minimum Gasteiger partial charge on any atom is -0.381 e. The first-order chi connectivity index (χ1) is 8.90. The third-order valence-corrected chi connectivity index (χ3v) is 2.60. The van der Waals surface area contributed by atoms with Crippen molar-refractivity contribution in [3.8, 4) is 5.69 Å². The summed E-state index contributed by atoms with van der Waals surface area (Å²) in [4.78, 5) is 10.1. The molecule has 0 atom stereocenters. The van der Waals surface area contributed by atoms with Gasteiger partial charge in [-0.25, -0.2) is 9.07 Å². The van der Waals surface area contributed by atoms with Gasteiger partial charge in [-0.3, -0.25) is 10.1 Å². The van der Waals surface area contributed by atoms with Crippen LogP contribution in [0.15, 0.2) is 18.2 Å². The molecule has 0 spiro atoms. The highest BCUT2D eigenvalue weighted by molar-refractivity contribution is 5.47. The Morgan fingerprint density at radius 2 is 2.11 bits per heavy atom. The molecule has 7 nitrogen and oxygen atoms in total. The van der Waals surface area contributed by atoms with E-state index in [9.17, 15) is 14.5 Å². The van der Waals surface area contributed by atoms with Gasteiger partial charge in [-0.2, -0.15) is 0 Å². The molecule has 0 aliphatic rings. The molecule has 0 aliphatic heterocycles. The van der Waals surface area contributed by atoms with Crippen LogP contribution in [0.2, 0.25) is 0 Å². The quantitative estimate of drug-likeness (QED) is 0.676. The summed E-state index contributed by atoms with van der Waals surface area (Å²) in [5.41, 5.74) is 6.15. The maximum absolute atomic E-state index is 13.4. The standard InChI is InChI=1S/C11H12FN5O2/c1-6(2)10-11(13)14-15-16(10)8-3-7(12)4-9(5-8)17(18)19/h3-6H,13H2,1-2H3. The van der Waals surface area contributed by atoms with Crippen LogP contribution in [-0.4, -0.2) is 19.9 Å². The Kier molecular flexibility index (Phi) is 3.16. The van der Waals surface area contributed by atoms with E-state index in [4.69, 9.17) is 5.73 Å². The predicted octanol–water partition coefficient (Wildman–Crippen LogP) is 2.02. The number of rotatable bonds is 3. The highest BCUT2D eigenvalue weighted by Gasteiger charge is 2.18. The molecule has 0 saturated heterocycles. The first-order valence-corrected chi connectivity index (χ1v) is 5.56. The summed E-state index contributed by atoms with van der Waals surface area (Å²) in [5, 5.41) is 18.2. The summed E-state index contributed by atoms with van der Waals surface area (Å²) in [6.07, 6.45) is 0. The second-order valence-corrected chi connectivity index (χ2v) is 4.35. The van der Waals surface area contributed by atoms with Crippen molar-refractivity contribution in [1.82, 2.24) is 15.0 Å². The van der Waals surface area contributed by atoms with E-state index >= 15 is 0 Å². The SMILES string of the molecule is CC(C)c1c(N)nnn1-c1cc(F)cc([N+](=O)[O-])c1. The third kappa shape index (κ3) is 2.37. The molecule has 0 aliphatic carbocycles. The van der Waals surface area contributed by atoms with Gasteiger partial charge in [0.15, 0.2) is 5.82 Å². The highest BCUT2D eigenvalue weighted by atomic mass is 19.1.